The van der Waals surface area contributed by atoms with Gasteiger partial charge in [-0.1, -0.05) is 11.6 Å². The van der Waals surface area contributed by atoms with Crippen molar-refractivity contribution in [1.82, 2.24) is 0 Å². The molecule has 1 saturated heterocycles. The molecule has 4 nitrogen and oxygen atoms in total. The lowest BCUT2D eigenvalue weighted by atomic mass is 10.1. The molecule has 1 aliphatic heterocycles. The van der Waals surface area contributed by atoms with Crippen molar-refractivity contribution < 1.29 is 14.3 Å². The number of hydrogen-bond acceptors (Lipinski definition) is 4. The van der Waals surface area contributed by atoms with Gasteiger partial charge in [-0.05, 0) is 37.5 Å². The molecule has 1 aromatic carbocycles. The van der Waals surface area contributed by atoms with E-state index in [1.807, 2.05) is 6.07 Å². The molecular weight excluding hydrogens is 266 g/mol. The number of nitrogens with one attached hydrogen (secondary N) is 1. The van der Waals surface area contributed by atoms with Gasteiger partial charge in [0.05, 0.1) is 12.7 Å². The molecule has 5 heteroatoms. The predicted octanol–water partition coefficient (Wildman–Crippen LogP) is 3.11. The van der Waals surface area contributed by atoms with E-state index in [0.29, 0.717) is 16.6 Å². The Morgan fingerprint density at radius 3 is 3.05 bits per heavy atom. The lowest BCUT2D eigenvalue weighted by molar-refractivity contribution is 0.0602. The molecule has 0 bridgehead atoms. The van der Waals surface area contributed by atoms with Crippen LogP contribution in [0, 0.1) is 0 Å². The average Bonchev–Trinajstić information content (AvgIpc) is 2.68. The average molecular weight is 284 g/mol. The zero-order valence-corrected chi connectivity index (χ0v) is 11.7. The molecule has 0 saturated carbocycles. The first-order valence-electron chi connectivity index (χ1n) is 6.43. The number of ether oxygens (including phenoxy) is 2. The van der Waals surface area contributed by atoms with Crippen LogP contribution in [0.3, 0.4) is 0 Å². The Kier molecular flexibility index (Phi) is 5.05. The van der Waals surface area contributed by atoms with E-state index in [4.69, 9.17) is 21.1 Å². The maximum Gasteiger partial charge on any atom is 0.340 e. The summed E-state index contributed by atoms with van der Waals surface area (Å²) in [5.41, 5.74) is 1.24. The third-order valence-corrected chi connectivity index (χ3v) is 3.43. The van der Waals surface area contributed by atoms with Crippen LogP contribution in [-0.4, -0.2) is 32.3 Å². The monoisotopic (exact) mass is 283 g/mol. The minimum atomic E-state index is -0.380. The lowest BCUT2D eigenvalue weighted by Crippen LogP contribution is -2.21. The molecule has 0 aromatic heterocycles. The van der Waals surface area contributed by atoms with Gasteiger partial charge < -0.3 is 14.8 Å². The summed E-state index contributed by atoms with van der Waals surface area (Å²) in [5.74, 6) is -0.380. The Balaban J connectivity index is 2.16. The van der Waals surface area contributed by atoms with Gasteiger partial charge in [-0.2, -0.15) is 0 Å². The van der Waals surface area contributed by atoms with E-state index in [1.54, 1.807) is 12.1 Å². The van der Waals surface area contributed by atoms with Gasteiger partial charge in [0.25, 0.3) is 0 Å². The second-order valence-electron chi connectivity index (χ2n) is 4.57. The molecule has 0 spiro atoms. The van der Waals surface area contributed by atoms with Crippen LogP contribution in [0.15, 0.2) is 18.2 Å². The Labute approximate surface area is 118 Å². The summed E-state index contributed by atoms with van der Waals surface area (Å²) < 4.78 is 10.2. The Bertz CT molecular complexity index is 442. The number of rotatable bonds is 3. The summed E-state index contributed by atoms with van der Waals surface area (Å²) in [7, 11) is 1.37. The molecule has 0 radical (unpaired) electrons. The fourth-order valence-electron chi connectivity index (χ4n) is 2.19. The van der Waals surface area contributed by atoms with Crippen LogP contribution in [0.5, 0.6) is 0 Å². The van der Waals surface area contributed by atoms with Crippen molar-refractivity contribution in [2.45, 2.75) is 25.3 Å². The van der Waals surface area contributed by atoms with Crippen molar-refractivity contribution >= 4 is 23.3 Å². The molecule has 2 rings (SSSR count). The van der Waals surface area contributed by atoms with E-state index in [0.717, 1.165) is 38.2 Å². The van der Waals surface area contributed by atoms with Crippen LogP contribution >= 0.6 is 11.6 Å². The van der Waals surface area contributed by atoms with Gasteiger partial charge in [0.15, 0.2) is 0 Å². The van der Waals surface area contributed by atoms with E-state index in [1.165, 1.54) is 7.11 Å². The zero-order valence-electron chi connectivity index (χ0n) is 10.9. The second-order valence-corrected chi connectivity index (χ2v) is 5.00. The number of carbonyl (C=O) groups is 1. The van der Waals surface area contributed by atoms with Crippen LogP contribution in [0.4, 0.5) is 5.69 Å². The van der Waals surface area contributed by atoms with Crippen molar-refractivity contribution in [3.63, 3.8) is 0 Å². The van der Waals surface area contributed by atoms with E-state index in [9.17, 15) is 4.79 Å². The third kappa shape index (κ3) is 3.85. The highest BCUT2D eigenvalue weighted by Gasteiger charge is 2.17. The molecule has 1 N–H and O–H groups in total. The highest BCUT2D eigenvalue weighted by Crippen LogP contribution is 2.24. The van der Waals surface area contributed by atoms with Crippen molar-refractivity contribution in [3.05, 3.63) is 28.8 Å². The number of esters is 1. The fourth-order valence-corrected chi connectivity index (χ4v) is 2.36. The topological polar surface area (TPSA) is 47.6 Å². The Hall–Kier alpha value is -1.26. The first-order valence-corrected chi connectivity index (χ1v) is 6.80. The Morgan fingerprint density at radius 2 is 2.26 bits per heavy atom. The molecule has 0 amide bonds. The van der Waals surface area contributed by atoms with Crippen LogP contribution in [0.1, 0.15) is 29.6 Å². The molecule has 1 fully saturated rings. The van der Waals surface area contributed by atoms with Crippen LogP contribution in [0.25, 0.3) is 0 Å². The van der Waals surface area contributed by atoms with Crippen molar-refractivity contribution in [2.24, 2.45) is 0 Å². The molecule has 0 aliphatic carbocycles. The number of halogens is 1. The lowest BCUT2D eigenvalue weighted by Gasteiger charge is -2.19. The molecule has 1 aliphatic rings. The largest absolute Gasteiger partial charge is 0.465 e. The van der Waals surface area contributed by atoms with Crippen molar-refractivity contribution in [2.75, 3.05) is 25.6 Å². The summed E-state index contributed by atoms with van der Waals surface area (Å²) in [6.45, 7) is 1.56. The zero-order chi connectivity index (χ0) is 13.7. The van der Waals surface area contributed by atoms with Crippen LogP contribution < -0.4 is 5.32 Å². The van der Waals surface area contributed by atoms with Crippen LogP contribution in [0.2, 0.25) is 5.02 Å². The molecule has 19 heavy (non-hydrogen) atoms. The quantitative estimate of drug-likeness (QED) is 0.866. The fraction of sp³-hybridized carbons (Fsp3) is 0.500. The molecule has 1 atom stereocenters. The number of hydrogen-bond donors (Lipinski definition) is 1. The second kappa shape index (κ2) is 6.78. The normalized spacial score (nSPS) is 19.6. The highest BCUT2D eigenvalue weighted by molar-refractivity contribution is 6.31. The minimum absolute atomic E-state index is 0.312. The first-order chi connectivity index (χ1) is 9.20. The van der Waals surface area contributed by atoms with Gasteiger partial charge in [0.1, 0.15) is 0 Å². The van der Waals surface area contributed by atoms with Gasteiger partial charge in [0, 0.05) is 30.0 Å². The van der Waals surface area contributed by atoms with Gasteiger partial charge in [-0.15, -0.1) is 0 Å². The van der Waals surface area contributed by atoms with Crippen LogP contribution in [-0.2, 0) is 9.47 Å². The van der Waals surface area contributed by atoms with Crippen molar-refractivity contribution in [3.8, 4) is 0 Å². The summed E-state index contributed by atoms with van der Waals surface area (Å²) in [6.07, 6.45) is 2.99. The maximum atomic E-state index is 11.8. The van der Waals surface area contributed by atoms with E-state index in [2.05, 4.69) is 5.32 Å². The van der Waals surface area contributed by atoms with Gasteiger partial charge >= 0.3 is 5.97 Å². The number of benzene rings is 1. The summed E-state index contributed by atoms with van der Waals surface area (Å²) in [4.78, 5) is 11.8. The molecule has 1 unspecified atom stereocenters. The summed E-state index contributed by atoms with van der Waals surface area (Å²) in [6, 6.07) is 5.53. The molecule has 1 aromatic rings. The Morgan fingerprint density at radius 1 is 1.42 bits per heavy atom. The smallest absolute Gasteiger partial charge is 0.340 e. The van der Waals surface area contributed by atoms with Crippen molar-refractivity contribution in [1.29, 1.82) is 0 Å². The summed E-state index contributed by atoms with van der Waals surface area (Å²) in [5, 5.41) is 3.92. The number of anilines is 1. The summed E-state index contributed by atoms with van der Waals surface area (Å²) >= 11 is 5.93. The maximum absolute atomic E-state index is 11.8. The molecule has 1 heterocycles. The predicted molar refractivity (Wildman–Crippen MR) is 74.9 cm³/mol. The van der Waals surface area contributed by atoms with E-state index in [-0.39, 0.29) is 5.97 Å². The van der Waals surface area contributed by atoms with Gasteiger partial charge in [-0.3, -0.25) is 0 Å². The van der Waals surface area contributed by atoms with Gasteiger partial charge in [-0.25, -0.2) is 4.79 Å². The highest BCUT2D eigenvalue weighted by atomic mass is 35.5. The standard InChI is InChI=1S/C14H18ClNO3/c1-18-14(17)12-9-10(15)4-5-13(12)16-11-3-2-7-19-8-6-11/h4-5,9,11,16H,2-3,6-8H2,1H3. The van der Waals surface area contributed by atoms with E-state index < -0.39 is 0 Å². The third-order valence-electron chi connectivity index (χ3n) is 3.20. The van der Waals surface area contributed by atoms with Gasteiger partial charge in [0.2, 0.25) is 0 Å². The first kappa shape index (κ1) is 14.2. The number of methoxy groups -OCH3 is 1. The van der Waals surface area contributed by atoms with E-state index >= 15 is 0 Å². The number of carbonyl (C=O) groups excluding carboxylic acids is 1. The molecular formula is C14H18ClNO3. The minimum Gasteiger partial charge on any atom is -0.465 e. The SMILES string of the molecule is COC(=O)c1cc(Cl)ccc1NC1CCCOCC1. The molecule has 104 valence electrons.